The summed E-state index contributed by atoms with van der Waals surface area (Å²) in [6, 6.07) is 21.6. The van der Waals surface area contributed by atoms with Crippen LogP contribution in [0.25, 0.3) is 0 Å². The Labute approximate surface area is 160 Å². The first-order valence-corrected chi connectivity index (χ1v) is 10.1. The van der Waals surface area contributed by atoms with Gasteiger partial charge >= 0.3 is 10.1 Å². The van der Waals surface area contributed by atoms with Crippen molar-refractivity contribution >= 4 is 10.1 Å². The molecule has 0 amide bonds. The minimum absolute atomic E-state index is 0.381. The normalized spacial score (nSPS) is 12.4. The third-order valence-electron chi connectivity index (χ3n) is 4.42. The largest absolute Gasteiger partial charge is 0.497 e. The van der Waals surface area contributed by atoms with Crippen molar-refractivity contribution in [2.45, 2.75) is 19.1 Å². The fourth-order valence-electron chi connectivity index (χ4n) is 3.03. The van der Waals surface area contributed by atoms with Crippen LogP contribution in [-0.2, 0) is 10.1 Å². The van der Waals surface area contributed by atoms with Crippen LogP contribution in [-0.4, -0.2) is 15.5 Å². The number of aryl methyl sites for hydroxylation is 2. The van der Waals surface area contributed by atoms with Gasteiger partial charge in [0.1, 0.15) is 16.7 Å². The molecule has 1 atom stereocenters. The maximum absolute atomic E-state index is 13.3. The molecule has 0 unspecified atom stereocenters. The summed E-state index contributed by atoms with van der Waals surface area (Å²) in [6.45, 7) is 3.67. The Kier molecular flexibility index (Phi) is 5.51. The van der Waals surface area contributed by atoms with E-state index in [1.54, 1.807) is 43.5 Å². The van der Waals surface area contributed by atoms with E-state index in [0.717, 1.165) is 11.1 Å². The van der Waals surface area contributed by atoms with Gasteiger partial charge in [-0.3, -0.25) is 0 Å². The molecule has 4 nitrogen and oxygen atoms in total. The van der Waals surface area contributed by atoms with Gasteiger partial charge < -0.3 is 8.92 Å². The summed E-state index contributed by atoms with van der Waals surface area (Å²) < 4.78 is 37.4. The van der Waals surface area contributed by atoms with Crippen molar-refractivity contribution in [1.29, 1.82) is 0 Å². The molecule has 3 aromatic carbocycles. The Hall–Kier alpha value is -2.79. The van der Waals surface area contributed by atoms with Crippen LogP contribution in [0.5, 0.6) is 11.5 Å². The lowest BCUT2D eigenvalue weighted by atomic mass is 10.0. The Morgan fingerprint density at radius 2 is 1.30 bits per heavy atom. The van der Waals surface area contributed by atoms with Crippen LogP contribution in [0.15, 0.2) is 72.8 Å². The molecule has 0 fully saturated rings. The summed E-state index contributed by atoms with van der Waals surface area (Å²) in [6.07, 6.45) is 0. The number of methoxy groups -OCH3 is 1. The van der Waals surface area contributed by atoms with Crippen LogP contribution >= 0.6 is 0 Å². The minimum atomic E-state index is -3.99. The molecule has 0 saturated carbocycles. The van der Waals surface area contributed by atoms with Gasteiger partial charge in [0.25, 0.3) is 0 Å². The quantitative estimate of drug-likeness (QED) is 0.574. The van der Waals surface area contributed by atoms with Gasteiger partial charge in [0.2, 0.25) is 0 Å². The average Bonchev–Trinajstić information content (AvgIpc) is 2.66. The van der Waals surface area contributed by atoms with E-state index in [0.29, 0.717) is 22.6 Å². The fourth-order valence-corrected chi connectivity index (χ4v) is 4.60. The van der Waals surface area contributed by atoms with Crippen molar-refractivity contribution in [1.82, 2.24) is 0 Å². The highest BCUT2D eigenvalue weighted by molar-refractivity contribution is 7.87. The third-order valence-corrected chi connectivity index (χ3v) is 5.94. The number of ether oxygens (including phenoxy) is 1. The van der Waals surface area contributed by atoms with E-state index in [1.165, 1.54) is 0 Å². The SMILES string of the molecule is COc1ccc([C@@H](c2ccccc2)S(=O)(=O)Oc2c(C)cccc2C)cc1. The molecule has 3 rings (SSSR count). The molecule has 0 radical (unpaired) electrons. The van der Waals surface area contributed by atoms with Crippen LogP contribution in [0.2, 0.25) is 0 Å². The Morgan fingerprint density at radius 3 is 1.85 bits per heavy atom. The van der Waals surface area contributed by atoms with E-state index in [2.05, 4.69) is 0 Å². The zero-order valence-electron chi connectivity index (χ0n) is 15.5. The zero-order valence-corrected chi connectivity index (χ0v) is 16.4. The van der Waals surface area contributed by atoms with Crippen LogP contribution in [0.4, 0.5) is 0 Å². The highest BCUT2D eigenvalue weighted by Crippen LogP contribution is 2.35. The zero-order chi connectivity index (χ0) is 19.4. The van der Waals surface area contributed by atoms with Crippen molar-refractivity contribution < 1.29 is 17.3 Å². The smallest absolute Gasteiger partial charge is 0.320 e. The second-order valence-corrected chi connectivity index (χ2v) is 7.98. The number of hydrogen-bond acceptors (Lipinski definition) is 4. The Balaban J connectivity index is 2.09. The number of rotatable bonds is 6. The first-order chi connectivity index (χ1) is 12.9. The number of benzene rings is 3. The van der Waals surface area contributed by atoms with Gasteiger partial charge in [0.15, 0.2) is 0 Å². The molecule has 0 aliphatic heterocycles. The first kappa shape index (κ1) is 19.0. The molecule has 0 aliphatic rings. The van der Waals surface area contributed by atoms with E-state index in [1.807, 2.05) is 50.2 Å². The maximum Gasteiger partial charge on any atom is 0.320 e. The van der Waals surface area contributed by atoms with Crippen molar-refractivity contribution in [3.05, 3.63) is 95.1 Å². The summed E-state index contributed by atoms with van der Waals surface area (Å²) in [5.41, 5.74) is 2.82. The van der Waals surface area contributed by atoms with E-state index < -0.39 is 15.4 Å². The second-order valence-electron chi connectivity index (χ2n) is 6.36. The number of para-hydroxylation sites is 1. The lowest BCUT2D eigenvalue weighted by molar-refractivity contribution is 0.414. The molecule has 0 bridgehead atoms. The van der Waals surface area contributed by atoms with Gasteiger partial charge in [-0.1, -0.05) is 60.7 Å². The van der Waals surface area contributed by atoms with E-state index in [-0.39, 0.29) is 0 Å². The Morgan fingerprint density at radius 1 is 0.741 bits per heavy atom. The van der Waals surface area contributed by atoms with Gasteiger partial charge in [-0.2, -0.15) is 8.42 Å². The molecule has 0 aromatic heterocycles. The van der Waals surface area contributed by atoms with E-state index in [4.69, 9.17) is 8.92 Å². The van der Waals surface area contributed by atoms with Crippen LogP contribution in [0.3, 0.4) is 0 Å². The van der Waals surface area contributed by atoms with Crippen molar-refractivity contribution in [2.75, 3.05) is 7.11 Å². The fraction of sp³-hybridized carbons (Fsp3) is 0.182. The lowest BCUT2D eigenvalue weighted by Gasteiger charge is -2.20. The molecule has 5 heteroatoms. The monoisotopic (exact) mass is 382 g/mol. The summed E-state index contributed by atoms with van der Waals surface area (Å²) in [4.78, 5) is 0. The lowest BCUT2D eigenvalue weighted by Crippen LogP contribution is -2.21. The van der Waals surface area contributed by atoms with Gasteiger partial charge in [-0.05, 0) is 48.2 Å². The van der Waals surface area contributed by atoms with Crippen molar-refractivity contribution in [2.24, 2.45) is 0 Å². The molecule has 3 aromatic rings. The van der Waals surface area contributed by atoms with Gasteiger partial charge in [-0.15, -0.1) is 0 Å². The molecule has 0 spiro atoms. The van der Waals surface area contributed by atoms with Gasteiger partial charge in [0.05, 0.1) is 7.11 Å². The van der Waals surface area contributed by atoms with Crippen molar-refractivity contribution in [3.8, 4) is 11.5 Å². The molecule has 0 N–H and O–H groups in total. The molecule has 0 aliphatic carbocycles. The standard InChI is InChI=1S/C22H22O4S/c1-16-8-7-9-17(2)21(16)26-27(23,24)22(18-10-5-4-6-11-18)19-12-14-20(25-3)15-13-19/h4-15,22H,1-3H3/t22-/m1/s1. The molecule has 0 heterocycles. The van der Waals surface area contributed by atoms with Gasteiger partial charge in [0, 0.05) is 0 Å². The van der Waals surface area contributed by atoms with Crippen LogP contribution in [0, 0.1) is 13.8 Å². The van der Waals surface area contributed by atoms with Crippen LogP contribution in [0.1, 0.15) is 27.5 Å². The maximum atomic E-state index is 13.3. The van der Waals surface area contributed by atoms with Crippen molar-refractivity contribution in [3.63, 3.8) is 0 Å². The highest BCUT2D eigenvalue weighted by atomic mass is 32.2. The second kappa shape index (κ2) is 7.84. The summed E-state index contributed by atoms with van der Waals surface area (Å²) in [7, 11) is -2.41. The summed E-state index contributed by atoms with van der Waals surface area (Å²) in [5, 5.41) is -0.941. The summed E-state index contributed by atoms with van der Waals surface area (Å²) in [5.74, 6) is 1.05. The molecule has 140 valence electrons. The van der Waals surface area contributed by atoms with E-state index >= 15 is 0 Å². The summed E-state index contributed by atoms with van der Waals surface area (Å²) >= 11 is 0. The van der Waals surface area contributed by atoms with Gasteiger partial charge in [-0.25, -0.2) is 0 Å². The van der Waals surface area contributed by atoms with Crippen LogP contribution < -0.4 is 8.92 Å². The first-order valence-electron chi connectivity index (χ1n) is 8.61. The molecule has 0 saturated heterocycles. The molecular weight excluding hydrogens is 360 g/mol. The average molecular weight is 382 g/mol. The highest BCUT2D eigenvalue weighted by Gasteiger charge is 2.32. The third kappa shape index (κ3) is 4.14. The Bertz CT molecular complexity index is 990. The topological polar surface area (TPSA) is 52.6 Å². The van der Waals surface area contributed by atoms with E-state index in [9.17, 15) is 8.42 Å². The number of hydrogen-bond donors (Lipinski definition) is 0. The predicted octanol–water partition coefficient (Wildman–Crippen LogP) is 4.81. The predicted molar refractivity (Wildman–Crippen MR) is 107 cm³/mol. The minimum Gasteiger partial charge on any atom is -0.497 e. The molecule has 27 heavy (non-hydrogen) atoms. The molecular formula is C22H22O4S.